The van der Waals surface area contributed by atoms with Crippen LogP contribution in [0.2, 0.25) is 0 Å². The number of hydrogen-bond donors (Lipinski definition) is 2. The normalized spacial score (nSPS) is 14.1. The average molecular weight is 527 g/mol. The maximum atomic E-state index is 13.4. The molecule has 1 aliphatic rings. The number of benzene rings is 1. The molecule has 196 valence electrons. The van der Waals surface area contributed by atoms with Crippen LogP contribution in [0.5, 0.6) is 0 Å². The number of halogens is 4. The Morgan fingerprint density at radius 1 is 1.28 bits per heavy atom. The Balaban J connectivity index is 0.000000830. The fourth-order valence-electron chi connectivity index (χ4n) is 3.64. The number of amides is 1. The minimum absolute atomic E-state index is 0.0155. The standard InChI is InChI=1S/C20H22ClF3N6O.C4H8O/c1-13(21)18(9-26-27-12-31)29-8-7-17-15(11-29)19(25-2)28-30(17)10-14-5-3-4-6-16(14)20(22,23)24;1-4(2)3-5/h3-6,9,12H,7-8,10-11H2,1-2H3,(H,25,28)(H,27,31);3-4H,1-2H3/b18-13-,26-9-;. The van der Waals surface area contributed by atoms with E-state index in [-0.39, 0.29) is 18.0 Å². The average Bonchev–Trinajstić information content (AvgIpc) is 3.18. The second kappa shape index (κ2) is 13.1. The van der Waals surface area contributed by atoms with Crippen LogP contribution in [0.25, 0.3) is 0 Å². The predicted octanol–water partition coefficient (Wildman–Crippen LogP) is 4.39. The number of aromatic nitrogens is 2. The first-order valence-corrected chi connectivity index (χ1v) is 11.6. The molecule has 0 saturated carbocycles. The molecule has 3 rings (SSSR count). The van der Waals surface area contributed by atoms with Gasteiger partial charge in [0.05, 0.1) is 24.0 Å². The topological polar surface area (TPSA) is 91.6 Å². The van der Waals surface area contributed by atoms with Crippen molar-refractivity contribution in [3.63, 3.8) is 0 Å². The number of hydrazone groups is 1. The summed E-state index contributed by atoms with van der Waals surface area (Å²) in [7, 11) is 1.72. The molecule has 2 N–H and O–H groups in total. The third kappa shape index (κ3) is 7.58. The van der Waals surface area contributed by atoms with E-state index in [1.165, 1.54) is 18.3 Å². The van der Waals surface area contributed by atoms with Crippen molar-refractivity contribution in [2.24, 2.45) is 11.0 Å². The minimum Gasteiger partial charge on any atom is -0.371 e. The Bertz CT molecular complexity index is 1110. The molecule has 36 heavy (non-hydrogen) atoms. The number of carbonyl (C=O) groups excluding carboxylic acids is 2. The van der Waals surface area contributed by atoms with Crippen molar-refractivity contribution in [3.8, 4) is 0 Å². The molecule has 1 amide bonds. The molecule has 12 heteroatoms. The summed E-state index contributed by atoms with van der Waals surface area (Å²) in [6.07, 6.45) is -1.04. The van der Waals surface area contributed by atoms with E-state index in [4.69, 9.17) is 11.6 Å². The van der Waals surface area contributed by atoms with Gasteiger partial charge in [-0.2, -0.15) is 23.4 Å². The van der Waals surface area contributed by atoms with Gasteiger partial charge in [-0.3, -0.25) is 9.48 Å². The van der Waals surface area contributed by atoms with Gasteiger partial charge in [-0.25, -0.2) is 5.43 Å². The SMILES string of the molecule is CC(C)C=O.CNc1nn(Cc2ccccc2C(F)(F)F)c2c1CN(C(/C=N\NC=O)=C(/C)Cl)CC2. The molecule has 0 unspecified atom stereocenters. The fourth-order valence-corrected chi connectivity index (χ4v) is 3.81. The van der Waals surface area contributed by atoms with E-state index < -0.39 is 11.7 Å². The van der Waals surface area contributed by atoms with E-state index >= 15 is 0 Å². The second-order valence-electron chi connectivity index (χ2n) is 8.31. The van der Waals surface area contributed by atoms with E-state index in [1.807, 2.05) is 18.7 Å². The Kier molecular flexibility index (Phi) is 10.5. The smallest absolute Gasteiger partial charge is 0.371 e. The van der Waals surface area contributed by atoms with Gasteiger partial charge >= 0.3 is 6.18 Å². The van der Waals surface area contributed by atoms with E-state index in [0.29, 0.717) is 42.5 Å². The molecule has 1 aromatic carbocycles. The van der Waals surface area contributed by atoms with Gasteiger partial charge in [-0.15, -0.1) is 0 Å². The van der Waals surface area contributed by atoms with Gasteiger partial charge in [0.15, 0.2) is 5.82 Å². The Hall–Kier alpha value is -3.34. The molecule has 8 nitrogen and oxygen atoms in total. The lowest BCUT2D eigenvalue weighted by Crippen LogP contribution is -2.32. The minimum atomic E-state index is -4.43. The number of fused-ring (bicyclic) bond motifs is 1. The zero-order chi connectivity index (χ0) is 26.9. The highest BCUT2D eigenvalue weighted by Gasteiger charge is 2.33. The summed E-state index contributed by atoms with van der Waals surface area (Å²) in [6, 6.07) is 5.53. The lowest BCUT2D eigenvalue weighted by molar-refractivity contribution is -0.138. The quantitative estimate of drug-likeness (QED) is 0.302. The first-order valence-electron chi connectivity index (χ1n) is 11.2. The van der Waals surface area contributed by atoms with E-state index in [9.17, 15) is 22.8 Å². The summed E-state index contributed by atoms with van der Waals surface area (Å²) in [5.41, 5.74) is 4.10. The third-order valence-corrected chi connectivity index (χ3v) is 5.49. The molecule has 1 aliphatic heterocycles. The van der Waals surface area contributed by atoms with Crippen molar-refractivity contribution in [1.29, 1.82) is 0 Å². The van der Waals surface area contributed by atoms with Crippen LogP contribution in [0.3, 0.4) is 0 Å². The first kappa shape index (κ1) is 28.9. The number of hydrogen-bond acceptors (Lipinski definition) is 6. The van der Waals surface area contributed by atoms with Crippen molar-refractivity contribution in [2.75, 3.05) is 18.9 Å². The van der Waals surface area contributed by atoms with Crippen LogP contribution in [-0.4, -0.2) is 47.2 Å². The number of carbonyl (C=O) groups is 2. The maximum Gasteiger partial charge on any atom is 0.416 e. The van der Waals surface area contributed by atoms with Gasteiger partial charge in [-0.05, 0) is 18.6 Å². The number of anilines is 1. The van der Waals surface area contributed by atoms with Crippen LogP contribution in [-0.2, 0) is 35.3 Å². The Labute approximate surface area is 213 Å². The van der Waals surface area contributed by atoms with Crippen LogP contribution in [0.4, 0.5) is 19.0 Å². The number of nitrogens with zero attached hydrogens (tertiary/aromatic N) is 4. The first-order chi connectivity index (χ1) is 17.0. The van der Waals surface area contributed by atoms with Crippen molar-refractivity contribution in [3.05, 3.63) is 57.4 Å². The molecule has 0 radical (unpaired) electrons. The molecule has 1 aromatic heterocycles. The number of aldehydes is 1. The number of rotatable bonds is 8. The molecule has 0 aliphatic carbocycles. The van der Waals surface area contributed by atoms with Crippen LogP contribution < -0.4 is 10.7 Å². The van der Waals surface area contributed by atoms with E-state index in [0.717, 1.165) is 23.6 Å². The fraction of sp³-hybridized carbons (Fsp3) is 0.417. The molecule has 2 heterocycles. The Morgan fingerprint density at radius 3 is 2.50 bits per heavy atom. The van der Waals surface area contributed by atoms with Crippen LogP contribution in [0.15, 0.2) is 40.1 Å². The second-order valence-corrected chi connectivity index (χ2v) is 8.88. The molecule has 0 saturated heterocycles. The number of nitrogens with one attached hydrogen (secondary N) is 2. The lowest BCUT2D eigenvalue weighted by atomic mass is 10.0. The highest BCUT2D eigenvalue weighted by atomic mass is 35.5. The van der Waals surface area contributed by atoms with Gasteiger partial charge in [0.2, 0.25) is 6.41 Å². The number of allylic oxidation sites excluding steroid dienone is 2. The van der Waals surface area contributed by atoms with Gasteiger partial charge < -0.3 is 15.0 Å². The predicted molar refractivity (Wildman–Crippen MR) is 134 cm³/mol. The molecule has 0 bridgehead atoms. The molecule has 0 spiro atoms. The van der Waals surface area contributed by atoms with Crippen molar-refractivity contribution < 1.29 is 22.8 Å². The summed E-state index contributed by atoms with van der Waals surface area (Å²) in [5, 5.41) is 11.8. The van der Waals surface area contributed by atoms with Crippen LogP contribution in [0, 0.1) is 5.92 Å². The van der Waals surface area contributed by atoms with E-state index in [1.54, 1.807) is 24.7 Å². The van der Waals surface area contributed by atoms with Gasteiger partial charge in [0.25, 0.3) is 0 Å². The highest BCUT2D eigenvalue weighted by molar-refractivity contribution is 6.30. The third-order valence-electron chi connectivity index (χ3n) is 5.29. The largest absolute Gasteiger partial charge is 0.416 e. The van der Waals surface area contributed by atoms with Crippen molar-refractivity contribution in [1.82, 2.24) is 20.1 Å². The summed E-state index contributed by atoms with van der Waals surface area (Å²) in [4.78, 5) is 21.9. The highest BCUT2D eigenvalue weighted by Crippen LogP contribution is 2.34. The summed E-state index contributed by atoms with van der Waals surface area (Å²) in [6.45, 7) is 6.45. The molecular formula is C24H30ClF3N6O2. The van der Waals surface area contributed by atoms with Crippen molar-refractivity contribution >= 4 is 36.3 Å². The van der Waals surface area contributed by atoms with Crippen molar-refractivity contribution in [2.45, 2.75) is 46.5 Å². The van der Waals surface area contributed by atoms with Crippen LogP contribution >= 0.6 is 11.6 Å². The van der Waals surface area contributed by atoms with Gasteiger partial charge in [0.1, 0.15) is 6.29 Å². The summed E-state index contributed by atoms with van der Waals surface area (Å²) in [5.74, 6) is 0.800. The zero-order valence-electron chi connectivity index (χ0n) is 20.6. The van der Waals surface area contributed by atoms with Gasteiger partial charge in [-0.1, -0.05) is 43.6 Å². The number of alkyl halides is 3. The van der Waals surface area contributed by atoms with E-state index in [2.05, 4.69) is 20.9 Å². The summed E-state index contributed by atoms with van der Waals surface area (Å²) < 4.78 is 41.8. The molecule has 0 fully saturated rings. The van der Waals surface area contributed by atoms with Crippen LogP contribution in [0.1, 0.15) is 43.2 Å². The Morgan fingerprint density at radius 2 is 1.94 bits per heavy atom. The van der Waals surface area contributed by atoms with Gasteiger partial charge in [0, 0.05) is 48.8 Å². The summed E-state index contributed by atoms with van der Waals surface area (Å²) >= 11 is 6.22. The maximum absolute atomic E-state index is 13.4. The lowest BCUT2D eigenvalue weighted by Gasteiger charge is -2.30. The zero-order valence-corrected chi connectivity index (χ0v) is 21.3. The molecular weight excluding hydrogens is 497 g/mol. The monoisotopic (exact) mass is 526 g/mol. The molecule has 2 aromatic rings. The molecule has 0 atom stereocenters.